The summed E-state index contributed by atoms with van der Waals surface area (Å²) < 4.78 is 31.3. The van der Waals surface area contributed by atoms with E-state index < -0.39 is 10.1 Å². The zero-order chi connectivity index (χ0) is 24.7. The number of para-hydroxylation sites is 2. The van der Waals surface area contributed by atoms with Gasteiger partial charge in [0.25, 0.3) is 16.0 Å². The van der Waals surface area contributed by atoms with E-state index in [1.54, 1.807) is 29.2 Å². The van der Waals surface area contributed by atoms with Gasteiger partial charge in [-0.15, -0.1) is 11.3 Å². The monoisotopic (exact) mass is 504 g/mol. The summed E-state index contributed by atoms with van der Waals surface area (Å²) in [5, 5.41) is 3.15. The Balaban J connectivity index is 0.000000588. The molecule has 0 fully saturated rings. The number of amides is 2. The Morgan fingerprint density at radius 1 is 1.18 bits per heavy atom. The summed E-state index contributed by atoms with van der Waals surface area (Å²) in [6.07, 6.45) is 0.941. The van der Waals surface area contributed by atoms with Gasteiger partial charge in [0.1, 0.15) is 6.61 Å². The maximum absolute atomic E-state index is 12.5. The summed E-state index contributed by atoms with van der Waals surface area (Å²) >= 11 is 1.29. The molecule has 10 nitrogen and oxygen atoms in total. The number of rotatable bonds is 4. The van der Waals surface area contributed by atoms with Gasteiger partial charge >= 0.3 is 6.09 Å². The summed E-state index contributed by atoms with van der Waals surface area (Å²) in [4.78, 5) is 31.9. The highest BCUT2D eigenvalue weighted by molar-refractivity contribution is 7.85. The molecule has 4 N–H and O–H groups in total. The van der Waals surface area contributed by atoms with Crippen molar-refractivity contribution in [2.24, 2.45) is 0 Å². The first-order chi connectivity index (χ1) is 16.1. The summed E-state index contributed by atoms with van der Waals surface area (Å²) in [5.74, 6) is -0.305. The number of nitrogens with two attached hydrogens (primary N) is 1. The topological polar surface area (TPSA) is 152 Å². The Kier molecular flexibility index (Phi) is 8.21. The van der Waals surface area contributed by atoms with E-state index in [2.05, 4.69) is 10.3 Å². The number of carbonyl (C=O) groups excluding carboxylic acids is 2. The first-order valence-corrected chi connectivity index (χ1v) is 12.8. The Morgan fingerprint density at radius 3 is 2.50 bits per heavy atom. The molecule has 180 valence electrons. The van der Waals surface area contributed by atoms with Gasteiger partial charge in [0.05, 0.1) is 29.9 Å². The minimum Gasteiger partial charge on any atom is -0.445 e. The third-order valence-corrected chi connectivity index (χ3v) is 5.68. The van der Waals surface area contributed by atoms with E-state index in [9.17, 15) is 18.0 Å². The molecule has 0 aliphatic carbocycles. The summed E-state index contributed by atoms with van der Waals surface area (Å²) in [7, 11) is -3.67. The fraction of sp³-hybridized carbons (Fsp3) is 0.227. The third-order valence-electron chi connectivity index (χ3n) is 4.60. The van der Waals surface area contributed by atoms with Crippen LogP contribution in [0.5, 0.6) is 0 Å². The van der Waals surface area contributed by atoms with Gasteiger partial charge in [0.2, 0.25) is 0 Å². The molecule has 34 heavy (non-hydrogen) atoms. The lowest BCUT2D eigenvalue weighted by atomic mass is 10.2. The minimum atomic E-state index is -3.67. The number of nitrogen functional groups attached to an aromatic ring is 1. The largest absolute Gasteiger partial charge is 0.445 e. The normalized spacial score (nSPS) is 12.7. The lowest BCUT2D eigenvalue weighted by Gasteiger charge is -2.25. The van der Waals surface area contributed by atoms with E-state index in [0.29, 0.717) is 42.1 Å². The SMILES string of the molecule is CS(=O)(=O)O.Nc1ccccc1NC(=O)c1nc2c(s1)CN(C(=O)OCc1ccccc1)CC2. The first-order valence-electron chi connectivity index (χ1n) is 10.1. The standard InChI is InChI=1S/C21H20N4O3S.CH4O3S/c22-15-8-4-5-9-16(15)23-19(26)20-24-17-10-11-25(12-18(17)29-20)21(27)28-13-14-6-2-1-3-7-14;1-5(2,3)4/h1-9H,10-13,22H2,(H,23,26);1H3,(H,2,3,4). The number of ether oxygens (including phenoxy) is 1. The molecule has 2 aromatic carbocycles. The van der Waals surface area contributed by atoms with Crippen LogP contribution in [0.4, 0.5) is 16.2 Å². The molecule has 0 unspecified atom stereocenters. The van der Waals surface area contributed by atoms with Crippen molar-refractivity contribution < 1.29 is 27.3 Å². The molecule has 0 bridgehead atoms. The van der Waals surface area contributed by atoms with Crippen molar-refractivity contribution in [2.45, 2.75) is 19.6 Å². The van der Waals surface area contributed by atoms with Crippen LogP contribution in [0.3, 0.4) is 0 Å². The van der Waals surface area contributed by atoms with Gasteiger partial charge in [-0.05, 0) is 17.7 Å². The van der Waals surface area contributed by atoms with Gasteiger partial charge < -0.3 is 20.7 Å². The molecule has 0 radical (unpaired) electrons. The Morgan fingerprint density at radius 2 is 1.82 bits per heavy atom. The number of anilines is 2. The first kappa shape index (κ1) is 25.1. The van der Waals surface area contributed by atoms with E-state index in [4.69, 9.17) is 15.0 Å². The second-order valence-corrected chi connectivity index (χ2v) is 9.92. The number of nitrogens with one attached hydrogen (secondary N) is 1. The zero-order valence-corrected chi connectivity index (χ0v) is 19.9. The van der Waals surface area contributed by atoms with Crippen molar-refractivity contribution >= 4 is 44.8 Å². The van der Waals surface area contributed by atoms with Crippen molar-refractivity contribution in [2.75, 3.05) is 23.9 Å². The number of hydrogen-bond donors (Lipinski definition) is 3. The van der Waals surface area contributed by atoms with Gasteiger partial charge in [-0.2, -0.15) is 8.42 Å². The fourth-order valence-electron chi connectivity index (χ4n) is 3.05. The molecule has 3 aromatic rings. The van der Waals surface area contributed by atoms with Crippen LogP contribution >= 0.6 is 11.3 Å². The molecule has 0 saturated carbocycles. The van der Waals surface area contributed by atoms with Crippen LogP contribution in [0.15, 0.2) is 54.6 Å². The van der Waals surface area contributed by atoms with Crippen molar-refractivity contribution in [1.29, 1.82) is 0 Å². The third kappa shape index (κ3) is 7.54. The van der Waals surface area contributed by atoms with Crippen molar-refractivity contribution in [3.05, 3.63) is 75.7 Å². The molecule has 12 heteroatoms. The quantitative estimate of drug-likeness (QED) is 0.362. The highest BCUT2D eigenvalue weighted by Crippen LogP contribution is 2.27. The number of thiazole rings is 1. The number of benzene rings is 2. The Bertz CT molecular complexity index is 1250. The molecule has 0 spiro atoms. The molecule has 1 aliphatic rings. The van der Waals surface area contributed by atoms with Crippen LogP contribution in [0, 0.1) is 0 Å². The van der Waals surface area contributed by atoms with Gasteiger partial charge in [-0.25, -0.2) is 9.78 Å². The van der Waals surface area contributed by atoms with Crippen LogP contribution in [0.1, 0.15) is 25.9 Å². The predicted octanol–water partition coefficient (Wildman–Crippen LogP) is 3.18. The van der Waals surface area contributed by atoms with E-state index in [-0.39, 0.29) is 18.6 Å². The van der Waals surface area contributed by atoms with Gasteiger partial charge in [-0.3, -0.25) is 9.35 Å². The predicted molar refractivity (Wildman–Crippen MR) is 129 cm³/mol. The van der Waals surface area contributed by atoms with Crippen molar-refractivity contribution in [3.63, 3.8) is 0 Å². The van der Waals surface area contributed by atoms with Crippen LogP contribution in [-0.4, -0.2) is 47.7 Å². The second-order valence-electron chi connectivity index (χ2n) is 7.38. The molecular weight excluding hydrogens is 480 g/mol. The van der Waals surface area contributed by atoms with Crippen LogP contribution in [-0.2, 0) is 34.4 Å². The van der Waals surface area contributed by atoms with Crippen molar-refractivity contribution in [3.8, 4) is 0 Å². The van der Waals surface area contributed by atoms with Crippen LogP contribution < -0.4 is 11.1 Å². The molecule has 2 heterocycles. The Labute approximate surface area is 201 Å². The highest BCUT2D eigenvalue weighted by atomic mass is 32.2. The molecule has 0 saturated heterocycles. The van der Waals surface area contributed by atoms with Crippen LogP contribution in [0.25, 0.3) is 0 Å². The molecular formula is C22H24N4O6S2. The number of nitrogens with zero attached hydrogens (tertiary/aromatic N) is 2. The average molecular weight is 505 g/mol. The van der Waals surface area contributed by atoms with Crippen molar-refractivity contribution in [1.82, 2.24) is 9.88 Å². The molecule has 1 aliphatic heterocycles. The lowest BCUT2D eigenvalue weighted by molar-refractivity contribution is 0.0920. The zero-order valence-electron chi connectivity index (χ0n) is 18.3. The molecule has 2 amide bonds. The van der Waals surface area contributed by atoms with Gasteiger partial charge in [0.15, 0.2) is 5.01 Å². The molecule has 4 rings (SSSR count). The average Bonchev–Trinajstić information content (AvgIpc) is 3.22. The number of fused-ring (bicyclic) bond motifs is 1. The molecule has 0 atom stereocenters. The molecule has 1 aromatic heterocycles. The van der Waals surface area contributed by atoms with Gasteiger partial charge in [-0.1, -0.05) is 42.5 Å². The van der Waals surface area contributed by atoms with Crippen LogP contribution in [0.2, 0.25) is 0 Å². The van der Waals surface area contributed by atoms with E-state index >= 15 is 0 Å². The summed E-state index contributed by atoms with van der Waals surface area (Å²) in [6, 6.07) is 16.6. The smallest absolute Gasteiger partial charge is 0.410 e. The van der Waals surface area contributed by atoms with E-state index in [0.717, 1.165) is 16.1 Å². The Hall–Kier alpha value is -3.48. The van der Waals surface area contributed by atoms with E-state index in [1.807, 2.05) is 30.3 Å². The highest BCUT2D eigenvalue weighted by Gasteiger charge is 2.26. The van der Waals surface area contributed by atoms with Gasteiger partial charge in [0, 0.05) is 17.8 Å². The van der Waals surface area contributed by atoms with E-state index in [1.165, 1.54) is 11.3 Å². The summed E-state index contributed by atoms with van der Waals surface area (Å²) in [6.45, 7) is 1.14. The number of carbonyl (C=O) groups is 2. The second kappa shape index (κ2) is 11.1. The number of aromatic nitrogens is 1. The lowest BCUT2D eigenvalue weighted by Crippen LogP contribution is -2.35. The number of hydrogen-bond acceptors (Lipinski definition) is 8. The maximum atomic E-state index is 12.5. The maximum Gasteiger partial charge on any atom is 0.410 e. The summed E-state index contributed by atoms with van der Waals surface area (Å²) in [5.41, 5.74) is 8.72. The minimum absolute atomic E-state index is 0.234. The fourth-order valence-corrected chi connectivity index (χ4v) is 4.06.